The van der Waals surface area contributed by atoms with E-state index in [1.165, 1.54) is 7.11 Å². The molecule has 0 spiro atoms. The number of hydrogen-bond donors (Lipinski definition) is 1. The highest BCUT2D eigenvalue weighted by Crippen LogP contribution is 2.18. The fourth-order valence-corrected chi connectivity index (χ4v) is 3.13. The lowest BCUT2D eigenvalue weighted by molar-refractivity contribution is -0.146. The van der Waals surface area contributed by atoms with Crippen LogP contribution in [0.2, 0.25) is 0 Å². The van der Waals surface area contributed by atoms with E-state index in [-0.39, 0.29) is 11.9 Å². The second kappa shape index (κ2) is 10.8. The molecule has 1 N–H and O–H groups in total. The molecule has 26 heavy (non-hydrogen) atoms. The molecule has 0 amide bonds. The minimum absolute atomic E-state index is 0.0114. The Morgan fingerprint density at radius 3 is 2.81 bits per heavy atom. The molecule has 0 aromatic carbocycles. The van der Waals surface area contributed by atoms with Gasteiger partial charge in [0.25, 0.3) is 0 Å². The Bertz CT molecular complexity index is 578. The maximum absolute atomic E-state index is 11.7. The number of aromatic nitrogens is 3. The fraction of sp³-hybridized carbons (Fsp3) is 0.778. The van der Waals surface area contributed by atoms with E-state index in [9.17, 15) is 4.79 Å². The first kappa shape index (κ1) is 20.2. The zero-order chi connectivity index (χ0) is 18.8. The van der Waals surface area contributed by atoms with Gasteiger partial charge in [-0.15, -0.1) is 10.2 Å². The highest BCUT2D eigenvalue weighted by molar-refractivity contribution is 5.80. The van der Waals surface area contributed by atoms with Crippen LogP contribution < -0.4 is 5.32 Å². The van der Waals surface area contributed by atoms with Crippen LogP contribution in [-0.2, 0) is 22.5 Å². The molecule has 1 aliphatic rings. The zero-order valence-corrected chi connectivity index (χ0v) is 16.3. The molecule has 1 aromatic rings. The molecule has 0 aliphatic carbocycles. The predicted octanol–water partition coefficient (Wildman–Crippen LogP) is 1.47. The fourth-order valence-electron chi connectivity index (χ4n) is 3.13. The van der Waals surface area contributed by atoms with E-state index in [1.54, 1.807) is 6.33 Å². The number of aliphatic imine (C=N–C) groups is 1. The molecule has 0 saturated carbocycles. The van der Waals surface area contributed by atoms with Crippen LogP contribution in [0.3, 0.4) is 0 Å². The second-order valence-corrected chi connectivity index (χ2v) is 6.56. The van der Waals surface area contributed by atoms with Gasteiger partial charge in [0, 0.05) is 39.1 Å². The van der Waals surface area contributed by atoms with Crippen molar-refractivity contribution in [2.24, 2.45) is 10.9 Å². The van der Waals surface area contributed by atoms with Gasteiger partial charge in [0.1, 0.15) is 12.2 Å². The first-order valence-corrected chi connectivity index (χ1v) is 9.67. The molecule has 0 bridgehead atoms. The summed E-state index contributed by atoms with van der Waals surface area (Å²) in [6.45, 7) is 8.30. The maximum atomic E-state index is 11.7. The van der Waals surface area contributed by atoms with E-state index in [0.29, 0.717) is 0 Å². The predicted molar refractivity (Wildman–Crippen MR) is 101 cm³/mol. The standard InChI is InChI=1S/C18H32N6O2/c1-4-6-9-19-18(20-10-13-24-14-21-22-16(24)5-2)23-11-7-15(8-12-23)17(25)26-3/h14-15H,4-13H2,1-3H3,(H,19,20). The quantitative estimate of drug-likeness (QED) is 0.325. The Kier molecular flexibility index (Phi) is 8.37. The summed E-state index contributed by atoms with van der Waals surface area (Å²) >= 11 is 0. The molecular weight excluding hydrogens is 332 g/mol. The number of aryl methyl sites for hydroxylation is 1. The van der Waals surface area contributed by atoms with Crippen LogP contribution in [0.25, 0.3) is 0 Å². The lowest BCUT2D eigenvalue weighted by Crippen LogP contribution is -2.47. The van der Waals surface area contributed by atoms with Crippen LogP contribution in [0.5, 0.6) is 0 Å². The molecule has 8 nitrogen and oxygen atoms in total. The second-order valence-electron chi connectivity index (χ2n) is 6.56. The van der Waals surface area contributed by atoms with Gasteiger partial charge < -0.3 is 19.5 Å². The third-order valence-electron chi connectivity index (χ3n) is 4.75. The van der Waals surface area contributed by atoms with Crippen LogP contribution >= 0.6 is 0 Å². The lowest BCUT2D eigenvalue weighted by atomic mass is 9.97. The van der Waals surface area contributed by atoms with Crippen molar-refractivity contribution in [1.29, 1.82) is 0 Å². The van der Waals surface area contributed by atoms with Crippen molar-refractivity contribution < 1.29 is 9.53 Å². The van der Waals surface area contributed by atoms with E-state index in [2.05, 4.69) is 38.8 Å². The summed E-state index contributed by atoms with van der Waals surface area (Å²) < 4.78 is 6.94. The molecular formula is C18H32N6O2. The minimum Gasteiger partial charge on any atom is -0.469 e. The van der Waals surface area contributed by atoms with E-state index in [0.717, 1.165) is 76.6 Å². The van der Waals surface area contributed by atoms with Crippen LogP contribution in [0, 0.1) is 5.92 Å². The molecule has 0 radical (unpaired) electrons. The van der Waals surface area contributed by atoms with Gasteiger partial charge in [-0.05, 0) is 19.3 Å². The molecule has 0 unspecified atom stereocenters. The Labute approximate surface area is 156 Å². The number of carbonyl (C=O) groups is 1. The van der Waals surface area contributed by atoms with Crippen molar-refractivity contribution in [2.45, 2.75) is 52.5 Å². The van der Waals surface area contributed by atoms with Crippen molar-refractivity contribution in [3.63, 3.8) is 0 Å². The Hall–Kier alpha value is -2.12. The normalized spacial score (nSPS) is 16.0. The summed E-state index contributed by atoms with van der Waals surface area (Å²) in [5.41, 5.74) is 0. The van der Waals surface area contributed by atoms with Gasteiger partial charge in [-0.1, -0.05) is 20.3 Å². The average Bonchev–Trinajstić information content (AvgIpc) is 3.14. The molecule has 8 heteroatoms. The monoisotopic (exact) mass is 364 g/mol. The number of methoxy groups -OCH3 is 1. The summed E-state index contributed by atoms with van der Waals surface area (Å²) in [7, 11) is 1.46. The van der Waals surface area contributed by atoms with Crippen molar-refractivity contribution >= 4 is 11.9 Å². The van der Waals surface area contributed by atoms with Gasteiger partial charge in [-0.3, -0.25) is 9.79 Å². The number of piperidine rings is 1. The lowest BCUT2D eigenvalue weighted by Gasteiger charge is -2.33. The summed E-state index contributed by atoms with van der Waals surface area (Å²) in [5.74, 6) is 1.85. The van der Waals surface area contributed by atoms with Crippen molar-refractivity contribution in [3.8, 4) is 0 Å². The molecule has 2 heterocycles. The average molecular weight is 364 g/mol. The number of esters is 1. The SMILES string of the molecule is CCCCN=C(NCCn1cnnc1CC)N1CCC(C(=O)OC)CC1. The van der Waals surface area contributed by atoms with Crippen LogP contribution in [0.4, 0.5) is 0 Å². The molecule has 2 rings (SSSR count). The van der Waals surface area contributed by atoms with Gasteiger partial charge in [0.2, 0.25) is 0 Å². The van der Waals surface area contributed by atoms with Gasteiger partial charge in [-0.25, -0.2) is 0 Å². The molecule has 1 saturated heterocycles. The smallest absolute Gasteiger partial charge is 0.308 e. The van der Waals surface area contributed by atoms with Crippen molar-refractivity contribution in [3.05, 3.63) is 12.2 Å². The van der Waals surface area contributed by atoms with Gasteiger partial charge in [0.15, 0.2) is 5.96 Å². The van der Waals surface area contributed by atoms with Crippen LogP contribution in [0.1, 0.15) is 45.4 Å². The first-order chi connectivity index (χ1) is 12.7. The summed E-state index contributed by atoms with van der Waals surface area (Å²) in [6.07, 6.45) is 6.48. The van der Waals surface area contributed by atoms with E-state index >= 15 is 0 Å². The zero-order valence-electron chi connectivity index (χ0n) is 16.3. The molecule has 1 aromatic heterocycles. The van der Waals surface area contributed by atoms with E-state index < -0.39 is 0 Å². The number of carbonyl (C=O) groups excluding carboxylic acids is 1. The number of nitrogens with zero attached hydrogens (tertiary/aromatic N) is 5. The third kappa shape index (κ3) is 5.71. The number of rotatable bonds is 8. The Balaban J connectivity index is 1.89. The van der Waals surface area contributed by atoms with Gasteiger partial charge >= 0.3 is 5.97 Å². The largest absolute Gasteiger partial charge is 0.469 e. The molecule has 146 valence electrons. The summed E-state index contributed by atoms with van der Waals surface area (Å²) in [6, 6.07) is 0. The number of nitrogens with one attached hydrogen (secondary N) is 1. The summed E-state index contributed by atoms with van der Waals surface area (Å²) in [5, 5.41) is 11.6. The van der Waals surface area contributed by atoms with Crippen molar-refractivity contribution in [2.75, 3.05) is 33.3 Å². The third-order valence-corrected chi connectivity index (χ3v) is 4.75. The molecule has 1 aliphatic heterocycles. The van der Waals surface area contributed by atoms with Crippen LogP contribution in [0.15, 0.2) is 11.3 Å². The number of unbranched alkanes of at least 4 members (excludes halogenated alkanes) is 1. The topological polar surface area (TPSA) is 84.6 Å². The number of likely N-dealkylation sites (tertiary alicyclic amines) is 1. The minimum atomic E-state index is -0.0956. The van der Waals surface area contributed by atoms with Gasteiger partial charge in [0.05, 0.1) is 13.0 Å². The molecule has 1 fully saturated rings. The van der Waals surface area contributed by atoms with Gasteiger partial charge in [-0.2, -0.15) is 0 Å². The van der Waals surface area contributed by atoms with Crippen molar-refractivity contribution in [1.82, 2.24) is 25.0 Å². The Morgan fingerprint density at radius 2 is 2.15 bits per heavy atom. The van der Waals surface area contributed by atoms with Crippen LogP contribution in [-0.4, -0.2) is 64.9 Å². The van der Waals surface area contributed by atoms with E-state index in [4.69, 9.17) is 9.73 Å². The number of hydrogen-bond acceptors (Lipinski definition) is 5. The highest BCUT2D eigenvalue weighted by Gasteiger charge is 2.27. The maximum Gasteiger partial charge on any atom is 0.308 e. The highest BCUT2D eigenvalue weighted by atomic mass is 16.5. The summed E-state index contributed by atoms with van der Waals surface area (Å²) in [4.78, 5) is 18.7. The Morgan fingerprint density at radius 1 is 1.38 bits per heavy atom. The molecule has 0 atom stereocenters. The number of ether oxygens (including phenoxy) is 1. The first-order valence-electron chi connectivity index (χ1n) is 9.67. The van der Waals surface area contributed by atoms with E-state index in [1.807, 2.05) is 0 Å². The number of guanidine groups is 1.